The normalized spacial score (nSPS) is 23.8. The number of ether oxygens (including phenoxy) is 1. The zero-order valence-corrected chi connectivity index (χ0v) is 13.6. The molecule has 0 bridgehead atoms. The number of hydrogen-bond acceptors (Lipinski definition) is 6. The van der Waals surface area contributed by atoms with Crippen molar-refractivity contribution in [2.45, 2.75) is 24.4 Å². The summed E-state index contributed by atoms with van der Waals surface area (Å²) in [6, 6.07) is 4.44. The van der Waals surface area contributed by atoms with Crippen molar-refractivity contribution in [1.29, 1.82) is 0 Å². The van der Waals surface area contributed by atoms with Gasteiger partial charge in [-0.25, -0.2) is 4.39 Å². The smallest absolute Gasteiger partial charge is 0.180 e. The van der Waals surface area contributed by atoms with Gasteiger partial charge in [0.05, 0.1) is 10.0 Å². The van der Waals surface area contributed by atoms with Crippen LogP contribution in [0.1, 0.15) is 12.8 Å². The summed E-state index contributed by atoms with van der Waals surface area (Å²) in [5, 5.41) is 14.4. The number of hydrogen-bond donors (Lipinski definition) is 1. The summed E-state index contributed by atoms with van der Waals surface area (Å²) in [4.78, 5) is 2.15. The van der Waals surface area contributed by atoms with E-state index >= 15 is 0 Å². The molecule has 1 aromatic carbocycles. The molecule has 0 saturated carbocycles. The number of hydrazone groups is 1. The quantitative estimate of drug-likeness (QED) is 0.879. The van der Waals surface area contributed by atoms with Gasteiger partial charge in [-0.2, -0.15) is 5.10 Å². The number of piperidine rings is 1. The molecule has 0 radical (unpaired) electrons. The van der Waals surface area contributed by atoms with E-state index in [1.165, 1.54) is 23.9 Å². The maximum absolute atomic E-state index is 13.3. The molecule has 1 atom stereocenters. The predicted octanol–water partition coefficient (Wildman–Crippen LogP) is 3.10. The zero-order chi connectivity index (χ0) is 14.8. The first-order valence-corrected chi connectivity index (χ1v) is 8.39. The second-order valence-electron chi connectivity index (χ2n) is 4.93. The summed E-state index contributed by atoms with van der Waals surface area (Å²) in [5.74, 6) is 0.233. The molecule has 2 heterocycles. The van der Waals surface area contributed by atoms with E-state index in [1.807, 2.05) is 0 Å². The standard InChI is InChI=1S/C13H15BrFN3O2S/c14-11-2-1-9(15)7-12(11)20-10-3-5-17(6-4-10)13-18(19)16-8-21-13/h1-2,7-8,10,13,19H,3-6H2. The largest absolute Gasteiger partial charge is 0.489 e. The van der Waals surface area contributed by atoms with E-state index in [4.69, 9.17) is 4.74 Å². The predicted molar refractivity (Wildman–Crippen MR) is 82.8 cm³/mol. The molecule has 1 fully saturated rings. The van der Waals surface area contributed by atoms with Crippen molar-refractivity contribution in [1.82, 2.24) is 10.1 Å². The van der Waals surface area contributed by atoms with Gasteiger partial charge >= 0.3 is 0 Å². The fourth-order valence-electron chi connectivity index (χ4n) is 2.44. The van der Waals surface area contributed by atoms with Gasteiger partial charge in [-0.05, 0) is 40.9 Å². The first-order valence-electron chi connectivity index (χ1n) is 6.65. The SMILES string of the molecule is ON1N=CSC1N1CCC(Oc2cc(F)ccc2Br)CC1. The van der Waals surface area contributed by atoms with Crippen LogP contribution in [0.2, 0.25) is 0 Å². The second-order valence-corrected chi connectivity index (χ2v) is 6.69. The van der Waals surface area contributed by atoms with Crippen molar-refractivity contribution < 1.29 is 14.3 Å². The molecular formula is C13H15BrFN3O2S. The van der Waals surface area contributed by atoms with Gasteiger partial charge in [0.2, 0.25) is 0 Å². The topological polar surface area (TPSA) is 48.3 Å². The molecule has 0 aliphatic carbocycles. The molecule has 1 unspecified atom stereocenters. The third kappa shape index (κ3) is 3.50. The number of rotatable bonds is 3. The number of thioether (sulfide) groups is 1. The van der Waals surface area contributed by atoms with Gasteiger partial charge in [0.25, 0.3) is 0 Å². The van der Waals surface area contributed by atoms with Crippen molar-refractivity contribution in [3.63, 3.8) is 0 Å². The van der Waals surface area contributed by atoms with Crippen LogP contribution in [0.3, 0.4) is 0 Å². The van der Waals surface area contributed by atoms with E-state index in [9.17, 15) is 9.60 Å². The van der Waals surface area contributed by atoms with E-state index in [1.54, 1.807) is 11.6 Å². The molecule has 2 aliphatic heterocycles. The molecule has 1 saturated heterocycles. The van der Waals surface area contributed by atoms with Gasteiger partial charge in [-0.1, -0.05) is 11.8 Å². The third-order valence-corrected chi connectivity index (χ3v) is 5.12. The first-order chi connectivity index (χ1) is 10.1. The summed E-state index contributed by atoms with van der Waals surface area (Å²) in [7, 11) is 0. The maximum Gasteiger partial charge on any atom is 0.180 e. The summed E-state index contributed by atoms with van der Waals surface area (Å²) in [5.41, 5.74) is 1.49. The summed E-state index contributed by atoms with van der Waals surface area (Å²) in [6.45, 7) is 1.60. The lowest BCUT2D eigenvalue weighted by Crippen LogP contribution is -2.47. The van der Waals surface area contributed by atoms with Gasteiger partial charge in [-0.3, -0.25) is 10.1 Å². The molecule has 1 aromatic rings. The second kappa shape index (κ2) is 6.51. The van der Waals surface area contributed by atoms with Crippen molar-refractivity contribution >= 4 is 33.2 Å². The van der Waals surface area contributed by atoms with Crippen molar-refractivity contribution in [2.75, 3.05) is 13.1 Å². The zero-order valence-electron chi connectivity index (χ0n) is 11.2. The van der Waals surface area contributed by atoms with Crippen LogP contribution < -0.4 is 4.74 Å². The minimum atomic E-state index is -0.305. The minimum Gasteiger partial charge on any atom is -0.489 e. The minimum absolute atomic E-state index is 0.0545. The van der Waals surface area contributed by atoms with Crippen LogP contribution >= 0.6 is 27.7 Å². The Bertz CT molecular complexity index is 540. The molecular weight excluding hydrogens is 361 g/mol. The van der Waals surface area contributed by atoms with Gasteiger partial charge in [-0.15, -0.1) is 5.17 Å². The van der Waals surface area contributed by atoms with Crippen LogP contribution in [0.15, 0.2) is 27.8 Å². The highest BCUT2D eigenvalue weighted by molar-refractivity contribution is 9.10. The Hall–Kier alpha value is -0.830. The summed E-state index contributed by atoms with van der Waals surface area (Å²) < 4.78 is 19.9. The van der Waals surface area contributed by atoms with Crippen LogP contribution in [-0.2, 0) is 0 Å². The van der Waals surface area contributed by atoms with Crippen molar-refractivity contribution in [3.05, 3.63) is 28.5 Å². The van der Waals surface area contributed by atoms with E-state index in [-0.39, 0.29) is 17.4 Å². The highest BCUT2D eigenvalue weighted by Gasteiger charge is 2.31. The lowest BCUT2D eigenvalue weighted by molar-refractivity contribution is -0.140. The Morgan fingerprint density at radius 1 is 1.38 bits per heavy atom. The van der Waals surface area contributed by atoms with Gasteiger partial charge in [0, 0.05) is 19.2 Å². The van der Waals surface area contributed by atoms with Crippen LogP contribution in [-0.4, -0.2) is 45.5 Å². The van der Waals surface area contributed by atoms with Crippen LogP contribution in [0, 0.1) is 5.82 Å². The van der Waals surface area contributed by atoms with Crippen LogP contribution in [0.25, 0.3) is 0 Å². The van der Waals surface area contributed by atoms with E-state index in [0.717, 1.165) is 35.6 Å². The van der Waals surface area contributed by atoms with E-state index < -0.39 is 0 Å². The number of hydroxylamine groups is 1. The molecule has 0 amide bonds. The molecule has 21 heavy (non-hydrogen) atoms. The van der Waals surface area contributed by atoms with Crippen LogP contribution in [0.4, 0.5) is 4.39 Å². The Kier molecular flexibility index (Phi) is 4.68. The Labute approximate surface area is 134 Å². The highest BCUT2D eigenvalue weighted by atomic mass is 79.9. The summed E-state index contributed by atoms with van der Waals surface area (Å²) in [6.07, 6.45) is 1.71. The van der Waals surface area contributed by atoms with Crippen molar-refractivity contribution in [2.24, 2.45) is 5.10 Å². The lowest BCUT2D eigenvalue weighted by Gasteiger charge is -2.36. The number of benzene rings is 1. The number of likely N-dealkylation sites (tertiary alicyclic amines) is 1. The molecule has 1 N–H and O–H groups in total. The Morgan fingerprint density at radius 3 is 2.81 bits per heavy atom. The molecule has 8 heteroatoms. The molecule has 5 nitrogen and oxygen atoms in total. The van der Waals surface area contributed by atoms with Gasteiger partial charge in [0.1, 0.15) is 17.7 Å². The maximum atomic E-state index is 13.3. The van der Waals surface area contributed by atoms with Gasteiger partial charge in [0.15, 0.2) is 5.50 Å². The van der Waals surface area contributed by atoms with E-state index in [0.29, 0.717) is 5.75 Å². The number of nitrogens with zero attached hydrogens (tertiary/aromatic N) is 3. The third-order valence-electron chi connectivity index (χ3n) is 3.52. The fourth-order valence-corrected chi connectivity index (χ4v) is 3.58. The Balaban J connectivity index is 1.55. The highest BCUT2D eigenvalue weighted by Crippen LogP contribution is 2.30. The van der Waals surface area contributed by atoms with Gasteiger partial charge < -0.3 is 4.74 Å². The monoisotopic (exact) mass is 375 g/mol. The summed E-state index contributed by atoms with van der Waals surface area (Å²) >= 11 is 4.85. The molecule has 0 spiro atoms. The van der Waals surface area contributed by atoms with Crippen molar-refractivity contribution in [3.8, 4) is 5.75 Å². The lowest BCUT2D eigenvalue weighted by atomic mass is 10.1. The fraction of sp³-hybridized carbons (Fsp3) is 0.462. The molecule has 114 valence electrons. The molecule has 2 aliphatic rings. The number of halogens is 2. The first kappa shape index (κ1) is 15.1. The van der Waals surface area contributed by atoms with E-state index in [2.05, 4.69) is 25.9 Å². The van der Waals surface area contributed by atoms with Crippen LogP contribution in [0.5, 0.6) is 5.75 Å². The Morgan fingerprint density at radius 2 is 2.14 bits per heavy atom. The molecule has 0 aromatic heterocycles. The average Bonchev–Trinajstić information content (AvgIpc) is 2.90. The average molecular weight is 376 g/mol. The molecule has 3 rings (SSSR count).